The molecule has 0 aliphatic carbocycles. The molecule has 0 saturated carbocycles. The van der Waals surface area contributed by atoms with Gasteiger partial charge in [0.2, 0.25) is 0 Å². The number of carboxylic acid groups (broad SMARTS) is 1. The van der Waals surface area contributed by atoms with Crippen molar-refractivity contribution in [3.63, 3.8) is 0 Å². The first kappa shape index (κ1) is 22.7. The van der Waals surface area contributed by atoms with Crippen molar-refractivity contribution < 1.29 is 15.0 Å². The Labute approximate surface area is 195 Å². The average Bonchev–Trinajstić information content (AvgIpc) is 3.09. The van der Waals surface area contributed by atoms with Crippen molar-refractivity contribution in [2.45, 2.75) is 27.7 Å². The molecule has 0 atom stereocenters. The van der Waals surface area contributed by atoms with Crippen molar-refractivity contribution in [1.82, 2.24) is 14.8 Å². The van der Waals surface area contributed by atoms with E-state index in [9.17, 15) is 19.8 Å². The van der Waals surface area contributed by atoms with Crippen LogP contribution >= 0.6 is 0 Å². The van der Waals surface area contributed by atoms with E-state index in [0.717, 1.165) is 22.4 Å². The van der Waals surface area contributed by atoms with Gasteiger partial charge < -0.3 is 10.2 Å². The van der Waals surface area contributed by atoms with E-state index in [1.165, 1.54) is 18.5 Å². The molecule has 0 spiro atoms. The highest BCUT2D eigenvalue weighted by molar-refractivity contribution is 5.89. The summed E-state index contributed by atoms with van der Waals surface area (Å²) in [6.07, 6.45) is 2.69. The number of benzene rings is 2. The standard InChI is InChI=1S/C25H23N5O4/c1-13-7-20(17-10-18(25(33)34)12-26-11-17)23(31)21(8-13)27-28-22-16(4)30(29-24(22)32)19-6-5-14(2)15(3)9-19/h5-12,31H,1-4H3,(H,29,32)(H,33,34). The average molecular weight is 457 g/mol. The van der Waals surface area contributed by atoms with Gasteiger partial charge in [-0.1, -0.05) is 6.07 Å². The number of phenols is 1. The summed E-state index contributed by atoms with van der Waals surface area (Å²) in [5, 5.41) is 31.1. The number of pyridine rings is 1. The van der Waals surface area contributed by atoms with Gasteiger partial charge in [-0.2, -0.15) is 0 Å². The van der Waals surface area contributed by atoms with Crippen molar-refractivity contribution in [2.75, 3.05) is 0 Å². The molecule has 0 unspecified atom stereocenters. The lowest BCUT2D eigenvalue weighted by Gasteiger charge is -2.09. The Bertz CT molecular complexity index is 1510. The molecular formula is C25H23N5O4. The molecule has 0 aliphatic heterocycles. The molecule has 9 heteroatoms. The molecule has 0 fully saturated rings. The number of aromatic amines is 1. The largest absolute Gasteiger partial charge is 0.505 e. The van der Waals surface area contributed by atoms with Crippen molar-refractivity contribution in [3.8, 4) is 22.6 Å². The predicted molar refractivity (Wildman–Crippen MR) is 128 cm³/mol. The van der Waals surface area contributed by atoms with Crippen molar-refractivity contribution in [1.29, 1.82) is 0 Å². The molecule has 9 nitrogen and oxygen atoms in total. The van der Waals surface area contributed by atoms with Gasteiger partial charge in [-0.15, -0.1) is 10.2 Å². The van der Waals surface area contributed by atoms with E-state index in [1.54, 1.807) is 23.7 Å². The number of aromatic nitrogens is 3. The van der Waals surface area contributed by atoms with E-state index >= 15 is 0 Å². The Balaban J connectivity index is 1.75. The third kappa shape index (κ3) is 4.23. The highest BCUT2D eigenvalue weighted by Gasteiger charge is 2.15. The van der Waals surface area contributed by atoms with Crippen LogP contribution in [0.15, 0.2) is 63.8 Å². The van der Waals surface area contributed by atoms with Crippen LogP contribution in [-0.4, -0.2) is 30.9 Å². The summed E-state index contributed by atoms with van der Waals surface area (Å²) >= 11 is 0. The van der Waals surface area contributed by atoms with Crippen LogP contribution < -0.4 is 5.56 Å². The number of phenolic OH excluding ortho intramolecular Hbond substituents is 1. The molecular weight excluding hydrogens is 434 g/mol. The molecule has 4 aromatic rings. The smallest absolute Gasteiger partial charge is 0.337 e. The molecule has 34 heavy (non-hydrogen) atoms. The Morgan fingerprint density at radius 3 is 2.47 bits per heavy atom. The SMILES string of the molecule is Cc1cc(N=Nc2c(C)n(-c3ccc(C)c(C)c3)[nH]c2=O)c(O)c(-c2cncc(C(=O)O)c2)c1. The summed E-state index contributed by atoms with van der Waals surface area (Å²) in [6.45, 7) is 7.58. The summed E-state index contributed by atoms with van der Waals surface area (Å²) in [6, 6.07) is 10.6. The minimum absolute atomic E-state index is 0.00331. The van der Waals surface area contributed by atoms with Gasteiger partial charge in [0.15, 0.2) is 11.4 Å². The zero-order chi connectivity index (χ0) is 24.6. The van der Waals surface area contributed by atoms with Crippen LogP contribution in [0.4, 0.5) is 11.4 Å². The van der Waals surface area contributed by atoms with E-state index in [2.05, 4.69) is 20.3 Å². The number of carboxylic acids is 1. The molecule has 4 rings (SSSR count). The van der Waals surface area contributed by atoms with E-state index in [0.29, 0.717) is 16.8 Å². The number of hydrogen-bond acceptors (Lipinski definition) is 6. The first-order chi connectivity index (χ1) is 16.2. The normalized spacial score (nSPS) is 11.3. The minimum atomic E-state index is -1.12. The van der Waals surface area contributed by atoms with E-state index in [-0.39, 0.29) is 22.7 Å². The second kappa shape index (κ2) is 8.78. The lowest BCUT2D eigenvalue weighted by Crippen LogP contribution is -2.04. The number of nitrogens with one attached hydrogen (secondary N) is 1. The summed E-state index contributed by atoms with van der Waals surface area (Å²) in [5.74, 6) is -1.31. The summed E-state index contributed by atoms with van der Waals surface area (Å²) in [4.78, 5) is 27.8. The highest BCUT2D eigenvalue weighted by Crippen LogP contribution is 2.39. The van der Waals surface area contributed by atoms with Crippen molar-refractivity contribution in [2.24, 2.45) is 10.2 Å². The Morgan fingerprint density at radius 2 is 1.76 bits per heavy atom. The fraction of sp³-hybridized carbons (Fsp3) is 0.160. The zero-order valence-corrected chi connectivity index (χ0v) is 19.1. The van der Waals surface area contributed by atoms with Gasteiger partial charge >= 0.3 is 5.97 Å². The number of aromatic hydroxyl groups is 1. The van der Waals surface area contributed by atoms with Crippen molar-refractivity contribution >= 4 is 17.3 Å². The second-order valence-corrected chi connectivity index (χ2v) is 8.13. The van der Waals surface area contributed by atoms with E-state index in [4.69, 9.17) is 0 Å². The predicted octanol–water partition coefficient (Wildman–Crippen LogP) is 5.28. The third-order valence-corrected chi connectivity index (χ3v) is 5.64. The first-order valence-corrected chi connectivity index (χ1v) is 10.5. The van der Waals surface area contributed by atoms with Gasteiger partial charge in [-0.05, 0) is 74.7 Å². The maximum atomic E-state index is 12.6. The maximum absolute atomic E-state index is 12.6. The number of hydrogen-bond donors (Lipinski definition) is 3. The van der Waals surface area contributed by atoms with Crippen LogP contribution in [0, 0.1) is 27.7 Å². The molecule has 0 saturated heterocycles. The van der Waals surface area contributed by atoms with E-state index in [1.807, 2.05) is 39.0 Å². The molecule has 2 aromatic heterocycles. The topological polar surface area (TPSA) is 133 Å². The number of H-pyrrole nitrogens is 1. The van der Waals surface area contributed by atoms with Crippen LogP contribution in [0.1, 0.15) is 32.7 Å². The second-order valence-electron chi connectivity index (χ2n) is 8.13. The summed E-state index contributed by atoms with van der Waals surface area (Å²) in [5.41, 5.74) is 5.01. The fourth-order valence-corrected chi connectivity index (χ4v) is 3.61. The number of aromatic carboxylic acids is 1. The molecule has 0 bridgehead atoms. The third-order valence-electron chi connectivity index (χ3n) is 5.64. The maximum Gasteiger partial charge on any atom is 0.337 e. The number of carbonyl (C=O) groups is 1. The molecule has 3 N–H and O–H groups in total. The Kier molecular flexibility index (Phi) is 5.85. The van der Waals surface area contributed by atoms with Crippen molar-refractivity contribution in [3.05, 3.63) is 87.1 Å². The molecule has 0 aliphatic rings. The Hall–Kier alpha value is -4.53. The quantitative estimate of drug-likeness (QED) is 0.351. The minimum Gasteiger partial charge on any atom is -0.505 e. The van der Waals surface area contributed by atoms with Crippen LogP contribution in [0.5, 0.6) is 5.75 Å². The molecule has 172 valence electrons. The van der Waals surface area contributed by atoms with Gasteiger partial charge in [0.1, 0.15) is 5.69 Å². The van der Waals surface area contributed by atoms with Crippen LogP contribution in [0.3, 0.4) is 0 Å². The number of nitrogens with zero attached hydrogens (tertiary/aromatic N) is 4. The van der Waals surface area contributed by atoms with Crippen LogP contribution in [-0.2, 0) is 0 Å². The zero-order valence-electron chi connectivity index (χ0n) is 19.1. The highest BCUT2D eigenvalue weighted by atomic mass is 16.4. The first-order valence-electron chi connectivity index (χ1n) is 10.5. The molecule has 0 radical (unpaired) electrons. The molecule has 2 heterocycles. The Morgan fingerprint density at radius 1 is 1.00 bits per heavy atom. The van der Waals surface area contributed by atoms with E-state index < -0.39 is 11.5 Å². The number of azo groups is 1. The van der Waals surface area contributed by atoms with Gasteiger partial charge in [-0.3, -0.25) is 19.6 Å². The van der Waals surface area contributed by atoms with Crippen LogP contribution in [0.2, 0.25) is 0 Å². The van der Waals surface area contributed by atoms with Crippen LogP contribution in [0.25, 0.3) is 16.8 Å². The summed E-state index contributed by atoms with van der Waals surface area (Å²) in [7, 11) is 0. The fourth-order valence-electron chi connectivity index (χ4n) is 3.61. The molecule has 2 aromatic carbocycles. The van der Waals surface area contributed by atoms with Gasteiger partial charge in [0.05, 0.1) is 16.9 Å². The monoisotopic (exact) mass is 457 g/mol. The lowest BCUT2D eigenvalue weighted by atomic mass is 10.0. The number of aryl methyl sites for hydroxylation is 3. The van der Waals surface area contributed by atoms with Gasteiger partial charge in [-0.25, -0.2) is 4.79 Å². The van der Waals surface area contributed by atoms with Gasteiger partial charge in [0, 0.05) is 23.5 Å². The summed E-state index contributed by atoms with van der Waals surface area (Å²) < 4.78 is 1.65. The molecule has 0 amide bonds. The van der Waals surface area contributed by atoms with Gasteiger partial charge in [0.25, 0.3) is 5.56 Å². The number of rotatable bonds is 5. The lowest BCUT2D eigenvalue weighted by molar-refractivity contribution is 0.0696.